The van der Waals surface area contributed by atoms with Crippen LogP contribution in [0.15, 0.2) is 35.5 Å². The summed E-state index contributed by atoms with van der Waals surface area (Å²) in [6.07, 6.45) is 2.70. The van der Waals surface area contributed by atoms with E-state index >= 15 is 0 Å². The van der Waals surface area contributed by atoms with Crippen LogP contribution in [0.1, 0.15) is 12.5 Å². The highest BCUT2D eigenvalue weighted by atomic mass is 16.4. The quantitative estimate of drug-likeness (QED) is 0.413. The van der Waals surface area contributed by atoms with Crippen LogP contribution in [0.4, 0.5) is 0 Å². The van der Waals surface area contributed by atoms with Crippen LogP contribution < -0.4 is 0 Å². The summed E-state index contributed by atoms with van der Waals surface area (Å²) in [6.45, 7) is 1.77. The van der Waals surface area contributed by atoms with Crippen molar-refractivity contribution in [2.75, 3.05) is 0 Å². The van der Waals surface area contributed by atoms with Crippen LogP contribution in [0, 0.1) is 6.42 Å². The molecule has 1 N–H and O–H groups in total. The van der Waals surface area contributed by atoms with E-state index < -0.39 is 0 Å². The molecule has 0 saturated heterocycles. The molecular weight excluding hydrogens is 150 g/mol. The average Bonchev–Trinajstić information content (AvgIpc) is 2.16. The molecule has 0 aliphatic carbocycles. The molecule has 0 bridgehead atoms. The van der Waals surface area contributed by atoms with Crippen molar-refractivity contribution in [2.24, 2.45) is 5.16 Å². The Morgan fingerprint density at radius 3 is 2.67 bits per heavy atom. The van der Waals surface area contributed by atoms with Gasteiger partial charge >= 0.3 is 0 Å². The van der Waals surface area contributed by atoms with E-state index in [1.54, 1.807) is 6.92 Å². The molecule has 2 nitrogen and oxygen atoms in total. The molecule has 2 heteroatoms. The van der Waals surface area contributed by atoms with Gasteiger partial charge in [-0.3, -0.25) is 0 Å². The van der Waals surface area contributed by atoms with Gasteiger partial charge in [-0.1, -0.05) is 35.5 Å². The molecule has 1 radical (unpaired) electrons. The molecule has 0 aliphatic heterocycles. The van der Waals surface area contributed by atoms with Gasteiger partial charge in [0, 0.05) is 6.42 Å². The Balaban J connectivity index is 2.44. The second-order valence-corrected chi connectivity index (χ2v) is 2.64. The Bertz CT molecular complexity index is 254. The summed E-state index contributed by atoms with van der Waals surface area (Å²) in [4.78, 5) is 0. The van der Waals surface area contributed by atoms with Gasteiger partial charge in [0.1, 0.15) is 0 Å². The van der Waals surface area contributed by atoms with Crippen molar-refractivity contribution in [1.29, 1.82) is 0 Å². The maximum atomic E-state index is 8.37. The zero-order valence-electron chi connectivity index (χ0n) is 7.07. The summed E-state index contributed by atoms with van der Waals surface area (Å²) in [5, 5.41) is 11.4. The molecule has 1 aromatic carbocycles. The lowest BCUT2D eigenvalue weighted by molar-refractivity contribution is 0.318. The van der Waals surface area contributed by atoms with Crippen molar-refractivity contribution in [1.82, 2.24) is 0 Å². The van der Waals surface area contributed by atoms with Gasteiger partial charge < -0.3 is 5.21 Å². The lowest BCUT2D eigenvalue weighted by Crippen LogP contribution is -1.95. The van der Waals surface area contributed by atoms with E-state index in [0.717, 1.165) is 6.42 Å². The van der Waals surface area contributed by atoms with Crippen LogP contribution in [0.5, 0.6) is 0 Å². The van der Waals surface area contributed by atoms with Gasteiger partial charge in [-0.15, -0.1) is 0 Å². The molecule has 0 atom stereocenters. The van der Waals surface area contributed by atoms with Gasteiger partial charge in [-0.05, 0) is 18.9 Å². The van der Waals surface area contributed by atoms with E-state index in [1.807, 2.05) is 36.8 Å². The Labute approximate surface area is 72.5 Å². The van der Waals surface area contributed by atoms with Crippen molar-refractivity contribution in [2.45, 2.75) is 13.3 Å². The minimum atomic E-state index is 0.652. The van der Waals surface area contributed by atoms with Crippen LogP contribution in [-0.2, 0) is 6.42 Å². The highest BCUT2D eigenvalue weighted by molar-refractivity contribution is 5.89. The summed E-state index contributed by atoms with van der Waals surface area (Å²) in [5.41, 5.74) is 1.87. The molecule has 0 amide bonds. The summed E-state index contributed by atoms with van der Waals surface area (Å²) in [6, 6.07) is 10.1. The molecule has 0 fully saturated rings. The highest BCUT2D eigenvalue weighted by Gasteiger charge is 1.94. The van der Waals surface area contributed by atoms with Crippen molar-refractivity contribution in [3.63, 3.8) is 0 Å². The Hall–Kier alpha value is -1.31. The number of hydrogen-bond donors (Lipinski definition) is 1. The van der Waals surface area contributed by atoms with Crippen LogP contribution in [-0.4, -0.2) is 10.9 Å². The van der Waals surface area contributed by atoms with E-state index in [0.29, 0.717) is 5.71 Å². The van der Waals surface area contributed by atoms with Gasteiger partial charge in [0.15, 0.2) is 0 Å². The lowest BCUT2D eigenvalue weighted by atomic mass is 10.1. The van der Waals surface area contributed by atoms with Gasteiger partial charge in [-0.2, -0.15) is 0 Å². The number of benzene rings is 1. The topological polar surface area (TPSA) is 32.6 Å². The average molecular weight is 162 g/mol. The second-order valence-electron chi connectivity index (χ2n) is 2.64. The van der Waals surface area contributed by atoms with E-state index in [4.69, 9.17) is 5.21 Å². The largest absolute Gasteiger partial charge is 0.411 e. The maximum Gasteiger partial charge on any atom is 0.0580 e. The Morgan fingerprint density at radius 1 is 1.42 bits per heavy atom. The van der Waals surface area contributed by atoms with Crippen LogP contribution >= 0.6 is 0 Å². The fraction of sp³-hybridized carbons (Fsp3) is 0.200. The van der Waals surface area contributed by atoms with Gasteiger partial charge in [-0.25, -0.2) is 0 Å². The van der Waals surface area contributed by atoms with Crippen molar-refractivity contribution in [3.05, 3.63) is 42.3 Å². The molecule has 63 valence electrons. The van der Waals surface area contributed by atoms with Gasteiger partial charge in [0.25, 0.3) is 0 Å². The molecule has 0 aromatic heterocycles. The number of oxime groups is 1. The molecule has 0 unspecified atom stereocenters. The molecule has 1 rings (SSSR count). The predicted molar refractivity (Wildman–Crippen MR) is 49.3 cm³/mol. The third kappa shape index (κ3) is 2.74. The van der Waals surface area contributed by atoms with E-state index in [1.165, 1.54) is 5.56 Å². The first-order chi connectivity index (χ1) is 5.83. The highest BCUT2D eigenvalue weighted by Crippen LogP contribution is 2.01. The van der Waals surface area contributed by atoms with E-state index in [9.17, 15) is 0 Å². The molecular formula is C10H12NO. The van der Waals surface area contributed by atoms with E-state index in [2.05, 4.69) is 5.16 Å². The van der Waals surface area contributed by atoms with Crippen LogP contribution in [0.2, 0.25) is 0 Å². The molecule has 1 aromatic rings. The molecule has 0 heterocycles. The standard InChI is InChI=1S/C10H12NO/c1-9(11-12)7-8-10-5-3-2-4-6-10/h2-7,12H,8H2,1H3. The van der Waals surface area contributed by atoms with Crippen LogP contribution in [0.25, 0.3) is 0 Å². The third-order valence-electron chi connectivity index (χ3n) is 1.63. The first-order valence-corrected chi connectivity index (χ1v) is 3.88. The van der Waals surface area contributed by atoms with Crippen molar-refractivity contribution >= 4 is 5.71 Å². The smallest absolute Gasteiger partial charge is 0.0580 e. The fourth-order valence-corrected chi connectivity index (χ4v) is 0.920. The minimum absolute atomic E-state index is 0.652. The van der Waals surface area contributed by atoms with Crippen molar-refractivity contribution in [3.8, 4) is 0 Å². The molecule has 0 aliphatic rings. The Kier molecular flexibility index (Phi) is 3.33. The zero-order valence-corrected chi connectivity index (χ0v) is 7.07. The number of nitrogens with zero attached hydrogens (tertiary/aromatic N) is 1. The molecule has 12 heavy (non-hydrogen) atoms. The number of hydrogen-bond acceptors (Lipinski definition) is 2. The molecule has 0 spiro atoms. The summed E-state index contributed by atoms with van der Waals surface area (Å²) >= 11 is 0. The minimum Gasteiger partial charge on any atom is -0.411 e. The van der Waals surface area contributed by atoms with Crippen molar-refractivity contribution < 1.29 is 5.21 Å². The monoisotopic (exact) mass is 162 g/mol. The first kappa shape index (κ1) is 8.78. The van der Waals surface area contributed by atoms with E-state index in [-0.39, 0.29) is 0 Å². The summed E-state index contributed by atoms with van der Waals surface area (Å²) in [7, 11) is 0. The SMILES string of the molecule is CC([CH]Cc1ccccc1)=NO. The predicted octanol–water partition coefficient (Wildman–Crippen LogP) is 2.28. The summed E-state index contributed by atoms with van der Waals surface area (Å²) in [5.74, 6) is 0. The molecule has 0 saturated carbocycles. The third-order valence-corrected chi connectivity index (χ3v) is 1.63. The number of rotatable bonds is 3. The zero-order chi connectivity index (χ0) is 8.81. The van der Waals surface area contributed by atoms with Gasteiger partial charge in [0.05, 0.1) is 5.71 Å². The van der Waals surface area contributed by atoms with Crippen LogP contribution in [0.3, 0.4) is 0 Å². The summed E-state index contributed by atoms with van der Waals surface area (Å²) < 4.78 is 0. The first-order valence-electron chi connectivity index (χ1n) is 3.88. The van der Waals surface area contributed by atoms with Gasteiger partial charge in [0.2, 0.25) is 0 Å². The normalized spacial score (nSPS) is 11.6. The fourth-order valence-electron chi connectivity index (χ4n) is 0.920. The lowest BCUT2D eigenvalue weighted by Gasteiger charge is -1.98. The Morgan fingerprint density at radius 2 is 2.08 bits per heavy atom. The maximum absolute atomic E-state index is 8.37. The second kappa shape index (κ2) is 4.54.